The summed E-state index contributed by atoms with van der Waals surface area (Å²) in [5, 5.41) is 2.25. The van der Waals surface area contributed by atoms with Gasteiger partial charge < -0.3 is 11.1 Å². The summed E-state index contributed by atoms with van der Waals surface area (Å²) in [4.78, 5) is 11.9. The molecule has 0 aliphatic heterocycles. The second-order valence-electron chi connectivity index (χ2n) is 5.53. The molecule has 0 heterocycles. The molecule has 112 valence electrons. The lowest BCUT2D eigenvalue weighted by Gasteiger charge is -2.26. The molecule has 20 heavy (non-hydrogen) atoms. The van der Waals surface area contributed by atoms with Crippen LogP contribution in [0, 0.1) is 5.41 Å². The summed E-state index contributed by atoms with van der Waals surface area (Å²) >= 11 is 5.74. The standard InChI is InChI=1S/C13H16ClF3N2O/c1-12(2,3)10(18)11(20)19-9-5-4-7(6-8(9)14)13(15,16)17/h4-6,10H,18H2,1-3H3,(H,19,20)/t10-/m0/s1. The van der Waals surface area contributed by atoms with E-state index in [1.54, 1.807) is 20.8 Å². The number of rotatable bonds is 2. The molecule has 0 unspecified atom stereocenters. The molecule has 0 aliphatic carbocycles. The van der Waals surface area contributed by atoms with E-state index in [1.165, 1.54) is 0 Å². The van der Waals surface area contributed by atoms with E-state index in [-0.39, 0.29) is 10.7 Å². The quantitative estimate of drug-likeness (QED) is 0.876. The van der Waals surface area contributed by atoms with Gasteiger partial charge in [-0.1, -0.05) is 32.4 Å². The highest BCUT2D eigenvalue weighted by atomic mass is 35.5. The molecule has 0 saturated heterocycles. The summed E-state index contributed by atoms with van der Waals surface area (Å²) in [6.07, 6.45) is -4.48. The zero-order valence-corrected chi connectivity index (χ0v) is 12.1. The third kappa shape index (κ3) is 4.11. The van der Waals surface area contributed by atoms with Crippen LogP contribution < -0.4 is 11.1 Å². The highest BCUT2D eigenvalue weighted by Crippen LogP contribution is 2.34. The minimum absolute atomic E-state index is 0.101. The maximum Gasteiger partial charge on any atom is 0.416 e. The molecule has 1 atom stereocenters. The Balaban J connectivity index is 2.93. The van der Waals surface area contributed by atoms with Crippen molar-refractivity contribution in [3.8, 4) is 0 Å². The SMILES string of the molecule is CC(C)(C)[C@@H](N)C(=O)Nc1ccc(C(F)(F)F)cc1Cl. The number of anilines is 1. The molecule has 3 nitrogen and oxygen atoms in total. The largest absolute Gasteiger partial charge is 0.416 e. The minimum Gasteiger partial charge on any atom is -0.323 e. The van der Waals surface area contributed by atoms with Crippen LogP contribution in [0.1, 0.15) is 26.3 Å². The Bertz CT molecular complexity index is 509. The summed E-state index contributed by atoms with van der Waals surface area (Å²) in [5.74, 6) is -0.501. The molecule has 0 aliphatic rings. The van der Waals surface area contributed by atoms with Gasteiger partial charge in [0.2, 0.25) is 5.91 Å². The van der Waals surface area contributed by atoms with Crippen molar-refractivity contribution < 1.29 is 18.0 Å². The van der Waals surface area contributed by atoms with Crippen LogP contribution in [0.25, 0.3) is 0 Å². The van der Waals surface area contributed by atoms with Gasteiger partial charge >= 0.3 is 6.18 Å². The first-order valence-electron chi connectivity index (χ1n) is 5.86. The van der Waals surface area contributed by atoms with Crippen molar-refractivity contribution >= 4 is 23.2 Å². The third-order valence-corrected chi connectivity index (χ3v) is 3.08. The molecule has 7 heteroatoms. The van der Waals surface area contributed by atoms with Crippen LogP contribution in [0.15, 0.2) is 18.2 Å². The van der Waals surface area contributed by atoms with Crippen molar-refractivity contribution in [3.05, 3.63) is 28.8 Å². The molecule has 3 N–H and O–H groups in total. The molecule has 0 spiro atoms. The van der Waals surface area contributed by atoms with Crippen molar-refractivity contribution in [2.24, 2.45) is 11.1 Å². The monoisotopic (exact) mass is 308 g/mol. The smallest absolute Gasteiger partial charge is 0.323 e. The average molecular weight is 309 g/mol. The van der Waals surface area contributed by atoms with Crippen molar-refractivity contribution in [1.29, 1.82) is 0 Å². The normalized spacial score (nSPS) is 14.0. The average Bonchev–Trinajstić information content (AvgIpc) is 2.28. The van der Waals surface area contributed by atoms with Gasteiger partial charge in [-0.3, -0.25) is 4.79 Å². The van der Waals surface area contributed by atoms with Gasteiger partial charge in [0, 0.05) is 0 Å². The Labute approximate surface area is 120 Å². The van der Waals surface area contributed by atoms with E-state index >= 15 is 0 Å². The number of nitrogens with one attached hydrogen (secondary N) is 1. The zero-order chi connectivity index (χ0) is 15.7. The maximum atomic E-state index is 12.5. The molecule has 0 saturated carbocycles. The number of carbonyl (C=O) groups excluding carboxylic acids is 1. The van der Waals surface area contributed by atoms with E-state index in [1.807, 2.05) is 0 Å². The zero-order valence-electron chi connectivity index (χ0n) is 11.3. The van der Waals surface area contributed by atoms with E-state index < -0.39 is 29.1 Å². The van der Waals surface area contributed by atoms with Gasteiger partial charge in [0.1, 0.15) is 0 Å². The lowest BCUT2D eigenvalue weighted by molar-refractivity contribution is -0.137. The number of nitrogens with two attached hydrogens (primary N) is 1. The molecule has 0 fully saturated rings. The predicted octanol–water partition coefficient (Wildman–Crippen LogP) is 3.67. The fourth-order valence-electron chi connectivity index (χ4n) is 1.40. The Morgan fingerprint density at radius 3 is 2.25 bits per heavy atom. The van der Waals surface area contributed by atoms with Gasteiger partial charge in [-0.15, -0.1) is 0 Å². The fourth-order valence-corrected chi connectivity index (χ4v) is 1.62. The van der Waals surface area contributed by atoms with E-state index in [0.29, 0.717) is 0 Å². The third-order valence-electron chi connectivity index (χ3n) is 2.77. The summed E-state index contributed by atoms with van der Waals surface area (Å²) < 4.78 is 37.4. The molecule has 0 aromatic heterocycles. The first-order valence-corrected chi connectivity index (χ1v) is 6.24. The Morgan fingerprint density at radius 1 is 1.30 bits per heavy atom. The molecule has 1 rings (SSSR count). The topological polar surface area (TPSA) is 55.1 Å². The predicted molar refractivity (Wildman–Crippen MR) is 72.5 cm³/mol. The van der Waals surface area contributed by atoms with Crippen molar-refractivity contribution in [2.45, 2.75) is 33.0 Å². The van der Waals surface area contributed by atoms with Crippen LogP contribution in [0.5, 0.6) is 0 Å². The lowest BCUT2D eigenvalue weighted by atomic mass is 9.87. The van der Waals surface area contributed by atoms with Crippen LogP contribution in [0.2, 0.25) is 5.02 Å². The summed E-state index contributed by atoms with van der Waals surface area (Å²) in [6.45, 7) is 5.35. The molecular formula is C13H16ClF3N2O. The second kappa shape index (κ2) is 5.61. The second-order valence-corrected chi connectivity index (χ2v) is 5.93. The number of halogens is 4. The lowest BCUT2D eigenvalue weighted by Crippen LogP contribution is -2.45. The number of hydrogen-bond donors (Lipinski definition) is 2. The van der Waals surface area contributed by atoms with Gasteiger partial charge in [0.15, 0.2) is 0 Å². The highest BCUT2D eigenvalue weighted by molar-refractivity contribution is 6.33. The molecular weight excluding hydrogens is 293 g/mol. The van der Waals surface area contributed by atoms with Gasteiger partial charge in [-0.05, 0) is 23.6 Å². The Hall–Kier alpha value is -1.27. The fraction of sp³-hybridized carbons (Fsp3) is 0.462. The Kier molecular flexibility index (Phi) is 4.71. The first kappa shape index (κ1) is 16.8. The molecule has 1 amide bonds. The highest BCUT2D eigenvalue weighted by Gasteiger charge is 2.31. The Morgan fingerprint density at radius 2 is 1.85 bits per heavy atom. The van der Waals surface area contributed by atoms with Crippen molar-refractivity contribution in [1.82, 2.24) is 0 Å². The van der Waals surface area contributed by atoms with Crippen LogP contribution >= 0.6 is 11.6 Å². The minimum atomic E-state index is -4.48. The molecule has 0 radical (unpaired) electrons. The van der Waals surface area contributed by atoms with E-state index in [9.17, 15) is 18.0 Å². The van der Waals surface area contributed by atoms with Gasteiger partial charge in [0.05, 0.1) is 22.3 Å². The van der Waals surface area contributed by atoms with E-state index in [0.717, 1.165) is 18.2 Å². The number of benzene rings is 1. The van der Waals surface area contributed by atoms with Gasteiger partial charge in [-0.25, -0.2) is 0 Å². The van der Waals surface area contributed by atoms with Crippen LogP contribution in [-0.2, 0) is 11.0 Å². The van der Waals surface area contributed by atoms with Crippen LogP contribution in [-0.4, -0.2) is 11.9 Å². The van der Waals surface area contributed by atoms with Crippen molar-refractivity contribution in [2.75, 3.05) is 5.32 Å². The number of amides is 1. The van der Waals surface area contributed by atoms with Crippen LogP contribution in [0.3, 0.4) is 0 Å². The maximum absolute atomic E-state index is 12.5. The number of alkyl halides is 3. The molecule has 0 bridgehead atoms. The van der Waals surface area contributed by atoms with Crippen molar-refractivity contribution in [3.63, 3.8) is 0 Å². The summed E-state index contributed by atoms with van der Waals surface area (Å²) in [6, 6.07) is 1.92. The van der Waals surface area contributed by atoms with Gasteiger partial charge in [0.25, 0.3) is 0 Å². The molecule has 1 aromatic rings. The first-order chi connectivity index (χ1) is 8.93. The van der Waals surface area contributed by atoms with E-state index in [4.69, 9.17) is 17.3 Å². The van der Waals surface area contributed by atoms with Gasteiger partial charge in [-0.2, -0.15) is 13.2 Å². The van der Waals surface area contributed by atoms with Crippen LogP contribution in [0.4, 0.5) is 18.9 Å². The summed E-state index contributed by atoms with van der Waals surface area (Å²) in [7, 11) is 0. The molecule has 1 aromatic carbocycles. The summed E-state index contributed by atoms with van der Waals surface area (Å²) in [5.41, 5.74) is 4.51. The number of hydrogen-bond acceptors (Lipinski definition) is 2. The van der Waals surface area contributed by atoms with E-state index in [2.05, 4.69) is 5.32 Å². The number of carbonyl (C=O) groups is 1.